The number of aromatic nitrogens is 2. The number of aryl methyl sites for hydroxylation is 1. The zero-order valence-electron chi connectivity index (χ0n) is 35.7. The highest BCUT2D eigenvalue weighted by Crippen LogP contribution is 2.30. The van der Waals surface area contributed by atoms with Crippen LogP contribution in [-0.4, -0.2) is 73.5 Å². The molecular formula is C49H52N4O10. The predicted molar refractivity (Wildman–Crippen MR) is 240 cm³/mol. The molecule has 0 bridgehead atoms. The number of carbonyl (C=O) groups is 4. The van der Waals surface area contributed by atoms with Crippen molar-refractivity contribution in [2.75, 3.05) is 38.5 Å². The number of hydrogen-bond donors (Lipinski definition) is 0. The molecule has 5 rings (SSSR count). The van der Waals surface area contributed by atoms with Gasteiger partial charge in [-0.05, 0) is 137 Å². The first-order valence-electron chi connectivity index (χ1n) is 20.8. The quantitative estimate of drug-likeness (QED) is 0.0136. The number of fused-ring (bicyclic) bond motifs is 1. The molecule has 0 N–H and O–H groups in total. The van der Waals surface area contributed by atoms with Crippen molar-refractivity contribution in [2.24, 2.45) is 5.10 Å². The van der Waals surface area contributed by atoms with Crippen LogP contribution in [0.4, 0.5) is 5.82 Å². The van der Waals surface area contributed by atoms with Crippen molar-refractivity contribution in [3.8, 4) is 23.0 Å². The molecule has 0 radical (unpaired) electrons. The number of para-hydroxylation sites is 2. The molecule has 1 heterocycles. The van der Waals surface area contributed by atoms with E-state index in [1.54, 1.807) is 80.8 Å². The molecule has 0 spiro atoms. The summed E-state index contributed by atoms with van der Waals surface area (Å²) in [7, 11) is 1.71. The van der Waals surface area contributed by atoms with E-state index in [0.29, 0.717) is 71.5 Å². The van der Waals surface area contributed by atoms with Crippen LogP contribution in [0.1, 0.15) is 83.2 Å². The van der Waals surface area contributed by atoms with Gasteiger partial charge < -0.3 is 28.4 Å². The molecule has 14 heteroatoms. The second-order valence-corrected chi connectivity index (χ2v) is 14.2. The normalized spacial score (nSPS) is 10.8. The van der Waals surface area contributed by atoms with E-state index in [1.807, 2.05) is 24.3 Å². The Bertz CT molecular complexity index is 2360. The molecule has 4 aromatic carbocycles. The number of esters is 4. The molecule has 1 aromatic heterocycles. The van der Waals surface area contributed by atoms with Crippen LogP contribution < -0.4 is 24.0 Å². The third kappa shape index (κ3) is 15.3. The van der Waals surface area contributed by atoms with Crippen LogP contribution in [0.2, 0.25) is 0 Å². The fraction of sp³-hybridized carbons (Fsp3) is 0.286. The van der Waals surface area contributed by atoms with E-state index in [0.717, 1.165) is 69.0 Å². The first-order chi connectivity index (χ1) is 30.6. The van der Waals surface area contributed by atoms with Gasteiger partial charge in [0.1, 0.15) is 23.0 Å². The summed E-state index contributed by atoms with van der Waals surface area (Å²) in [4.78, 5) is 58.2. The lowest BCUT2D eigenvalue weighted by Gasteiger charge is -2.15. The molecule has 328 valence electrons. The van der Waals surface area contributed by atoms with Gasteiger partial charge in [0.2, 0.25) is 0 Å². The number of ether oxygens (including phenoxy) is 6. The van der Waals surface area contributed by atoms with Gasteiger partial charge in [0.05, 0.1) is 61.0 Å². The van der Waals surface area contributed by atoms with Crippen LogP contribution in [0.15, 0.2) is 122 Å². The number of nitrogens with zero attached hydrogens (tertiary/aromatic N) is 4. The molecule has 0 saturated carbocycles. The largest absolute Gasteiger partial charge is 0.494 e. The molecule has 0 aliphatic rings. The van der Waals surface area contributed by atoms with Gasteiger partial charge in [0.25, 0.3) is 0 Å². The highest BCUT2D eigenvalue weighted by molar-refractivity contribution is 5.95. The van der Waals surface area contributed by atoms with Gasteiger partial charge in [0.15, 0.2) is 5.82 Å². The third-order valence-corrected chi connectivity index (χ3v) is 9.47. The average Bonchev–Trinajstić information content (AvgIpc) is 3.30. The first-order valence-corrected chi connectivity index (χ1v) is 20.8. The molecule has 0 atom stereocenters. The standard InChI is InChI=1S/C49H52N4O10/c1-5-46(54)60-29-15-9-7-13-27-58-39-23-19-36(20-24-39)48(56)62-43-32-38(33-51-53(4)45-34-50-41-17-11-12-18-42(41)52-45)44(31-35(43)3)63-49(57)37-21-25-40(26-22-37)59-28-14-8-10-16-30-61-47(55)6-2/h5-6,11-12,17-26,31-34H,1-2,7-10,13-16,27-30H2,3-4H3/b51-33+. The van der Waals surface area contributed by atoms with E-state index in [4.69, 9.17) is 28.4 Å². The Balaban J connectivity index is 1.21. The summed E-state index contributed by atoms with van der Waals surface area (Å²) < 4.78 is 33.5. The minimum Gasteiger partial charge on any atom is -0.494 e. The predicted octanol–water partition coefficient (Wildman–Crippen LogP) is 9.18. The zero-order chi connectivity index (χ0) is 44.8. The Morgan fingerprint density at radius 3 is 1.65 bits per heavy atom. The van der Waals surface area contributed by atoms with E-state index in [1.165, 1.54) is 11.2 Å². The van der Waals surface area contributed by atoms with Gasteiger partial charge in [-0.15, -0.1) is 0 Å². The van der Waals surface area contributed by atoms with Crippen molar-refractivity contribution in [2.45, 2.75) is 58.3 Å². The van der Waals surface area contributed by atoms with Gasteiger partial charge in [-0.3, -0.25) is 4.98 Å². The van der Waals surface area contributed by atoms with Crippen LogP contribution in [0.25, 0.3) is 11.0 Å². The lowest BCUT2D eigenvalue weighted by atomic mass is 10.1. The Morgan fingerprint density at radius 1 is 0.635 bits per heavy atom. The molecule has 63 heavy (non-hydrogen) atoms. The summed E-state index contributed by atoms with van der Waals surface area (Å²) in [5, 5.41) is 6.10. The van der Waals surface area contributed by atoms with Crippen molar-refractivity contribution < 1.29 is 47.6 Å². The fourth-order valence-electron chi connectivity index (χ4n) is 5.94. The summed E-state index contributed by atoms with van der Waals surface area (Å²) in [5.41, 5.74) is 2.95. The maximum atomic E-state index is 13.5. The van der Waals surface area contributed by atoms with Crippen molar-refractivity contribution in [3.05, 3.63) is 139 Å². The van der Waals surface area contributed by atoms with Crippen LogP contribution in [0.3, 0.4) is 0 Å². The molecule has 0 unspecified atom stereocenters. The van der Waals surface area contributed by atoms with Gasteiger partial charge in [-0.2, -0.15) is 5.10 Å². The van der Waals surface area contributed by atoms with Crippen molar-refractivity contribution >= 4 is 46.9 Å². The van der Waals surface area contributed by atoms with Gasteiger partial charge in [-0.25, -0.2) is 29.2 Å². The second kappa shape index (κ2) is 24.8. The number of hydrogen-bond acceptors (Lipinski definition) is 14. The smallest absolute Gasteiger partial charge is 0.343 e. The Hall–Kier alpha value is -7.35. The average molecular weight is 857 g/mol. The van der Waals surface area contributed by atoms with E-state index in [9.17, 15) is 19.2 Å². The zero-order valence-corrected chi connectivity index (χ0v) is 35.7. The maximum Gasteiger partial charge on any atom is 0.343 e. The van der Waals surface area contributed by atoms with Crippen LogP contribution in [0, 0.1) is 6.92 Å². The number of anilines is 1. The summed E-state index contributed by atoms with van der Waals surface area (Å²) in [6, 6.07) is 24.0. The molecule has 0 saturated heterocycles. The monoisotopic (exact) mass is 856 g/mol. The van der Waals surface area contributed by atoms with E-state index >= 15 is 0 Å². The summed E-state index contributed by atoms with van der Waals surface area (Å²) in [6.07, 6.45) is 12.2. The molecule has 0 aliphatic carbocycles. The summed E-state index contributed by atoms with van der Waals surface area (Å²) in [5.74, 6) is 0.0959. The number of benzene rings is 4. The summed E-state index contributed by atoms with van der Waals surface area (Å²) >= 11 is 0. The van der Waals surface area contributed by atoms with Crippen LogP contribution in [-0.2, 0) is 19.1 Å². The number of rotatable bonds is 25. The molecular weight excluding hydrogens is 805 g/mol. The molecule has 0 fully saturated rings. The number of carbonyl (C=O) groups excluding carboxylic acids is 4. The third-order valence-electron chi connectivity index (χ3n) is 9.47. The minimum absolute atomic E-state index is 0.191. The number of hydrazone groups is 1. The first kappa shape index (κ1) is 46.7. The SMILES string of the molecule is C=CC(=O)OCCCCCCOc1ccc(C(=O)Oc2cc(/C=N/N(C)c3cnc4ccccc4n3)c(OC(=O)c3ccc(OCCCCCCOC(=O)C=C)cc3)cc2C)cc1. The van der Waals surface area contributed by atoms with Crippen molar-refractivity contribution in [1.29, 1.82) is 0 Å². The van der Waals surface area contributed by atoms with Crippen molar-refractivity contribution in [1.82, 2.24) is 9.97 Å². The lowest BCUT2D eigenvalue weighted by Crippen LogP contribution is -2.14. The fourth-order valence-corrected chi connectivity index (χ4v) is 5.94. The Morgan fingerprint density at radius 2 is 1.13 bits per heavy atom. The Kier molecular flexibility index (Phi) is 18.4. The Labute approximate surface area is 367 Å². The molecule has 5 aromatic rings. The van der Waals surface area contributed by atoms with Crippen LogP contribution in [0.5, 0.6) is 23.0 Å². The molecule has 14 nitrogen and oxygen atoms in total. The lowest BCUT2D eigenvalue weighted by molar-refractivity contribution is -0.138. The highest BCUT2D eigenvalue weighted by Gasteiger charge is 2.18. The second-order valence-electron chi connectivity index (χ2n) is 14.2. The highest BCUT2D eigenvalue weighted by atomic mass is 16.5. The van der Waals surface area contributed by atoms with E-state index in [2.05, 4.69) is 28.2 Å². The maximum absolute atomic E-state index is 13.5. The van der Waals surface area contributed by atoms with E-state index in [-0.39, 0.29) is 11.5 Å². The van der Waals surface area contributed by atoms with Crippen LogP contribution >= 0.6 is 0 Å². The molecule has 0 aliphatic heterocycles. The van der Waals surface area contributed by atoms with E-state index < -0.39 is 23.9 Å². The molecule has 0 amide bonds. The topological polar surface area (TPSA) is 165 Å². The van der Waals surface area contributed by atoms with Gasteiger partial charge in [-0.1, -0.05) is 25.3 Å². The summed E-state index contributed by atoms with van der Waals surface area (Å²) in [6.45, 7) is 10.2. The van der Waals surface area contributed by atoms with Crippen molar-refractivity contribution in [3.63, 3.8) is 0 Å². The minimum atomic E-state index is -0.611. The number of unbranched alkanes of at least 4 members (excludes halogenated alkanes) is 6. The van der Waals surface area contributed by atoms with Gasteiger partial charge >= 0.3 is 23.9 Å². The van der Waals surface area contributed by atoms with Gasteiger partial charge in [0, 0.05) is 24.8 Å².